The van der Waals surface area contributed by atoms with Gasteiger partial charge in [-0.25, -0.2) is 0 Å². The number of benzene rings is 2. The fourth-order valence-corrected chi connectivity index (χ4v) is 7.37. The van der Waals surface area contributed by atoms with E-state index >= 15 is 0 Å². The molecule has 5 rings (SSSR count). The van der Waals surface area contributed by atoms with Crippen molar-refractivity contribution < 1.29 is 31.7 Å². The van der Waals surface area contributed by atoms with Crippen molar-refractivity contribution in [2.75, 3.05) is 7.11 Å². The van der Waals surface area contributed by atoms with Crippen LogP contribution in [0, 0.1) is 10.8 Å². The molecule has 7 nitrogen and oxygen atoms in total. The molecule has 39 heavy (non-hydrogen) atoms. The normalized spacial score (nSPS) is 20.8. The zero-order valence-corrected chi connectivity index (χ0v) is 25.0. The average molecular weight is 616 g/mol. The SMILES string of the molecule is COc1cc(C2C3=C(CC(C)(C)CC3=O)OC3=C2C(=O)CC(C)(C)C3)cc(Br)c1OS(=O)(=O)c1ccccc1. The molecule has 0 fully saturated rings. The second-order valence-electron chi connectivity index (χ2n) is 12.0. The Bertz CT molecular complexity index is 1500. The summed E-state index contributed by atoms with van der Waals surface area (Å²) >= 11 is 3.47. The van der Waals surface area contributed by atoms with Gasteiger partial charge in [0.05, 0.1) is 11.6 Å². The lowest BCUT2D eigenvalue weighted by Crippen LogP contribution is -2.37. The van der Waals surface area contributed by atoms with E-state index in [0.717, 1.165) is 0 Å². The molecule has 0 atom stereocenters. The summed E-state index contributed by atoms with van der Waals surface area (Å²) in [5.41, 5.74) is 1.05. The van der Waals surface area contributed by atoms with Gasteiger partial charge in [0.2, 0.25) is 0 Å². The van der Waals surface area contributed by atoms with Gasteiger partial charge in [-0.1, -0.05) is 45.9 Å². The lowest BCUT2D eigenvalue weighted by Gasteiger charge is -2.42. The lowest BCUT2D eigenvalue weighted by molar-refractivity contribution is -0.120. The molecule has 2 aromatic rings. The molecule has 9 heteroatoms. The third kappa shape index (κ3) is 5.18. The summed E-state index contributed by atoms with van der Waals surface area (Å²) in [6.45, 7) is 8.13. The first-order valence-electron chi connectivity index (χ1n) is 12.8. The second-order valence-corrected chi connectivity index (χ2v) is 14.4. The Morgan fingerprint density at radius 2 is 1.41 bits per heavy atom. The number of ketones is 2. The number of hydrogen-bond acceptors (Lipinski definition) is 7. The van der Waals surface area contributed by atoms with Crippen LogP contribution in [0.2, 0.25) is 0 Å². The highest BCUT2D eigenvalue weighted by atomic mass is 79.9. The number of rotatable bonds is 5. The van der Waals surface area contributed by atoms with E-state index in [4.69, 9.17) is 13.7 Å². The first-order valence-corrected chi connectivity index (χ1v) is 15.0. The van der Waals surface area contributed by atoms with Crippen molar-refractivity contribution in [3.05, 3.63) is 75.2 Å². The molecule has 0 amide bonds. The molecular formula is C30H31BrO7S. The molecule has 0 N–H and O–H groups in total. The molecule has 0 unspecified atom stereocenters. The van der Waals surface area contributed by atoms with Gasteiger partial charge in [-0.15, -0.1) is 0 Å². The third-order valence-electron chi connectivity index (χ3n) is 7.39. The van der Waals surface area contributed by atoms with Crippen LogP contribution in [0.25, 0.3) is 0 Å². The van der Waals surface area contributed by atoms with Crippen LogP contribution in [0.4, 0.5) is 0 Å². The first-order chi connectivity index (χ1) is 18.2. The van der Waals surface area contributed by atoms with Crippen LogP contribution in [0.1, 0.15) is 64.9 Å². The molecule has 2 aliphatic carbocycles. The van der Waals surface area contributed by atoms with Crippen LogP contribution < -0.4 is 8.92 Å². The molecule has 0 radical (unpaired) electrons. The van der Waals surface area contributed by atoms with Gasteiger partial charge in [0.1, 0.15) is 16.4 Å². The van der Waals surface area contributed by atoms with Gasteiger partial charge in [0.25, 0.3) is 0 Å². The van der Waals surface area contributed by atoms with E-state index < -0.39 is 16.0 Å². The summed E-state index contributed by atoms with van der Waals surface area (Å²) in [5, 5.41) is 0. The third-order valence-corrected chi connectivity index (χ3v) is 9.22. The van der Waals surface area contributed by atoms with Gasteiger partial charge in [-0.2, -0.15) is 8.42 Å². The van der Waals surface area contributed by atoms with Crippen molar-refractivity contribution in [2.24, 2.45) is 10.8 Å². The van der Waals surface area contributed by atoms with Crippen molar-refractivity contribution in [1.82, 2.24) is 0 Å². The van der Waals surface area contributed by atoms with Gasteiger partial charge in [-0.3, -0.25) is 9.59 Å². The Labute approximate surface area is 237 Å². The van der Waals surface area contributed by atoms with E-state index in [1.165, 1.54) is 19.2 Å². The highest BCUT2D eigenvalue weighted by Crippen LogP contribution is 2.54. The summed E-state index contributed by atoms with van der Waals surface area (Å²) in [6.07, 6.45) is 1.82. The van der Waals surface area contributed by atoms with E-state index in [0.29, 0.717) is 58.4 Å². The van der Waals surface area contributed by atoms with E-state index in [9.17, 15) is 18.0 Å². The van der Waals surface area contributed by atoms with Crippen LogP contribution >= 0.6 is 15.9 Å². The van der Waals surface area contributed by atoms with Crippen LogP contribution in [-0.4, -0.2) is 27.1 Å². The smallest absolute Gasteiger partial charge is 0.339 e. The first kappa shape index (κ1) is 27.6. The lowest BCUT2D eigenvalue weighted by atomic mass is 9.65. The molecule has 0 bridgehead atoms. The number of halogens is 1. The fourth-order valence-electron chi connectivity index (χ4n) is 5.74. The highest BCUT2D eigenvalue weighted by molar-refractivity contribution is 9.10. The number of ether oxygens (including phenoxy) is 2. The molecule has 0 aromatic heterocycles. The standard InChI is InChI=1S/C30H31BrO7S/c1-29(2)13-20(32)26-23(15-29)37-24-16-30(3,4)14-21(33)27(24)25(26)17-11-19(31)28(22(12-17)36-5)38-39(34,35)18-9-7-6-8-10-18/h6-12,25H,13-16H2,1-5H3. The summed E-state index contributed by atoms with van der Waals surface area (Å²) in [4.78, 5) is 27.1. The summed E-state index contributed by atoms with van der Waals surface area (Å²) in [6, 6.07) is 11.2. The molecule has 0 spiro atoms. The number of hydrogen-bond donors (Lipinski definition) is 0. The zero-order valence-electron chi connectivity index (χ0n) is 22.6. The van der Waals surface area contributed by atoms with Gasteiger partial charge >= 0.3 is 10.1 Å². The zero-order chi connectivity index (χ0) is 28.3. The molecule has 0 saturated heterocycles. The second kappa shape index (κ2) is 9.63. The maximum Gasteiger partial charge on any atom is 0.339 e. The highest BCUT2D eigenvalue weighted by Gasteiger charge is 2.48. The molecule has 1 heterocycles. The maximum atomic E-state index is 13.6. The van der Waals surface area contributed by atoms with E-state index in [1.807, 2.05) is 27.7 Å². The van der Waals surface area contributed by atoms with Crippen molar-refractivity contribution in [1.29, 1.82) is 0 Å². The maximum absolute atomic E-state index is 13.6. The number of carbonyl (C=O) groups is 2. The van der Waals surface area contributed by atoms with Gasteiger partial charge in [0.15, 0.2) is 23.1 Å². The molecule has 2 aromatic carbocycles. The van der Waals surface area contributed by atoms with Crippen LogP contribution in [0.3, 0.4) is 0 Å². The van der Waals surface area contributed by atoms with Gasteiger partial charge < -0.3 is 13.7 Å². The van der Waals surface area contributed by atoms with Crippen molar-refractivity contribution >= 4 is 37.6 Å². The quantitative estimate of drug-likeness (QED) is 0.349. The number of allylic oxidation sites excluding steroid dienone is 4. The van der Waals surface area contributed by atoms with Crippen molar-refractivity contribution in [3.8, 4) is 11.5 Å². The monoisotopic (exact) mass is 614 g/mol. The van der Waals surface area contributed by atoms with Crippen LogP contribution in [0.5, 0.6) is 11.5 Å². The molecule has 3 aliphatic rings. The van der Waals surface area contributed by atoms with E-state index in [2.05, 4.69) is 15.9 Å². The van der Waals surface area contributed by atoms with Crippen LogP contribution in [-0.2, 0) is 24.4 Å². The molecule has 206 valence electrons. The number of carbonyl (C=O) groups excluding carboxylic acids is 2. The van der Waals surface area contributed by atoms with Gasteiger partial charge in [0, 0.05) is 42.7 Å². The summed E-state index contributed by atoms with van der Waals surface area (Å²) in [7, 11) is -2.73. The Balaban J connectivity index is 1.65. The molecule has 1 aliphatic heterocycles. The van der Waals surface area contributed by atoms with Crippen LogP contribution in [0.15, 0.2) is 74.5 Å². The summed E-state index contributed by atoms with van der Waals surface area (Å²) in [5.74, 6) is 0.575. The topological polar surface area (TPSA) is 96.0 Å². The minimum absolute atomic E-state index is 0.00267. The Morgan fingerprint density at radius 1 is 0.872 bits per heavy atom. The van der Waals surface area contributed by atoms with E-state index in [-0.39, 0.29) is 38.8 Å². The predicted octanol–water partition coefficient (Wildman–Crippen LogP) is 6.63. The Morgan fingerprint density at radius 3 is 1.92 bits per heavy atom. The summed E-state index contributed by atoms with van der Waals surface area (Å²) < 4.78 is 43.7. The van der Waals surface area contributed by atoms with E-state index in [1.54, 1.807) is 30.3 Å². The fraction of sp³-hybridized carbons (Fsp3) is 0.400. The average Bonchev–Trinajstić information content (AvgIpc) is 2.82. The van der Waals surface area contributed by atoms with Gasteiger partial charge in [-0.05, 0) is 56.6 Å². The molecule has 0 saturated carbocycles. The Hall–Kier alpha value is -2.91. The minimum Gasteiger partial charge on any atom is -0.493 e. The predicted molar refractivity (Wildman–Crippen MR) is 149 cm³/mol. The number of Topliss-reactive ketones (excluding diaryl/α,β-unsaturated/α-hetero) is 2. The number of methoxy groups -OCH3 is 1. The molecular weight excluding hydrogens is 584 g/mol. The Kier molecular flexibility index (Phi) is 6.82. The van der Waals surface area contributed by atoms with Crippen molar-refractivity contribution in [2.45, 2.75) is 64.2 Å². The minimum atomic E-state index is -4.14. The largest absolute Gasteiger partial charge is 0.493 e. The van der Waals surface area contributed by atoms with Crippen molar-refractivity contribution in [3.63, 3.8) is 0 Å².